The van der Waals surface area contributed by atoms with Crippen LogP contribution in [0.15, 0.2) is 12.3 Å². The molecule has 1 aliphatic heterocycles. The molecule has 7 heteroatoms. The van der Waals surface area contributed by atoms with Gasteiger partial charge in [-0.1, -0.05) is 6.08 Å². The van der Waals surface area contributed by atoms with Crippen LogP contribution in [0, 0.1) is 5.92 Å². The van der Waals surface area contributed by atoms with Crippen LogP contribution in [0.3, 0.4) is 0 Å². The van der Waals surface area contributed by atoms with Gasteiger partial charge < -0.3 is 15.0 Å². The van der Waals surface area contributed by atoms with E-state index in [1.165, 1.54) is 12.8 Å². The van der Waals surface area contributed by atoms with E-state index in [0.29, 0.717) is 25.5 Å². The van der Waals surface area contributed by atoms with Crippen LogP contribution in [0.4, 0.5) is 4.79 Å². The van der Waals surface area contributed by atoms with Crippen molar-refractivity contribution in [2.45, 2.75) is 25.3 Å². The third kappa shape index (κ3) is 4.49. The second-order valence-corrected chi connectivity index (χ2v) is 7.62. The van der Waals surface area contributed by atoms with Crippen molar-refractivity contribution in [2.24, 2.45) is 5.92 Å². The van der Waals surface area contributed by atoms with Crippen molar-refractivity contribution < 1.29 is 17.9 Å². The largest absolute Gasteiger partial charge is 0.383 e. The van der Waals surface area contributed by atoms with Crippen molar-refractivity contribution in [3.8, 4) is 0 Å². The summed E-state index contributed by atoms with van der Waals surface area (Å²) in [4.78, 5) is 13.7. The molecule has 1 atom stereocenters. The van der Waals surface area contributed by atoms with Crippen LogP contribution < -0.4 is 5.32 Å². The standard InChI is InChI=1S/C13H22N2O4S/c1-19-8-7-15(12-5-9-20(17,18)10-12)13(16)14-6-4-11-2-3-11/h4,6,11-12H,2-3,5,7-10H2,1H3,(H,14,16)/b6-4+. The highest BCUT2D eigenvalue weighted by Crippen LogP contribution is 2.29. The Morgan fingerprint density at radius 2 is 2.15 bits per heavy atom. The lowest BCUT2D eigenvalue weighted by molar-refractivity contribution is 0.135. The number of methoxy groups -OCH3 is 1. The topological polar surface area (TPSA) is 75.7 Å². The third-order valence-corrected chi connectivity index (χ3v) is 5.39. The first-order chi connectivity index (χ1) is 9.52. The SMILES string of the molecule is COCCN(C(=O)N/C=C/C1CC1)C1CCS(=O)(=O)C1. The molecule has 0 radical (unpaired) electrons. The molecule has 1 N–H and O–H groups in total. The maximum Gasteiger partial charge on any atom is 0.321 e. The first kappa shape index (κ1) is 15.3. The third-order valence-electron chi connectivity index (χ3n) is 3.64. The van der Waals surface area contributed by atoms with Crippen molar-refractivity contribution >= 4 is 15.9 Å². The number of hydrogen-bond donors (Lipinski definition) is 1. The molecule has 2 amide bonds. The number of amides is 2. The highest BCUT2D eigenvalue weighted by atomic mass is 32.2. The second kappa shape index (κ2) is 6.58. The van der Waals surface area contributed by atoms with Gasteiger partial charge in [-0.2, -0.15) is 0 Å². The average Bonchev–Trinajstić information content (AvgIpc) is 3.13. The van der Waals surface area contributed by atoms with Crippen LogP contribution in [-0.2, 0) is 14.6 Å². The Kier molecular flexibility index (Phi) is 5.04. The van der Waals surface area contributed by atoms with Gasteiger partial charge in [0.15, 0.2) is 9.84 Å². The number of nitrogens with one attached hydrogen (secondary N) is 1. The molecule has 1 aliphatic carbocycles. The van der Waals surface area contributed by atoms with E-state index in [-0.39, 0.29) is 23.6 Å². The molecule has 0 aromatic heterocycles. The number of sulfone groups is 1. The molecule has 0 spiro atoms. The highest BCUT2D eigenvalue weighted by Gasteiger charge is 2.34. The van der Waals surface area contributed by atoms with E-state index >= 15 is 0 Å². The molecule has 20 heavy (non-hydrogen) atoms. The maximum atomic E-state index is 12.2. The number of allylic oxidation sites excluding steroid dienone is 1. The minimum absolute atomic E-state index is 0.0521. The van der Waals surface area contributed by atoms with E-state index in [2.05, 4.69) is 5.32 Å². The van der Waals surface area contributed by atoms with Crippen LogP contribution in [0.1, 0.15) is 19.3 Å². The smallest absolute Gasteiger partial charge is 0.321 e. The summed E-state index contributed by atoms with van der Waals surface area (Å²) in [5.41, 5.74) is 0. The average molecular weight is 302 g/mol. The van der Waals surface area contributed by atoms with Crippen molar-refractivity contribution in [3.05, 3.63) is 12.3 Å². The van der Waals surface area contributed by atoms with Crippen LogP contribution in [0.25, 0.3) is 0 Å². The zero-order valence-electron chi connectivity index (χ0n) is 11.7. The van der Waals surface area contributed by atoms with Crippen molar-refractivity contribution in [1.29, 1.82) is 0 Å². The maximum absolute atomic E-state index is 12.2. The number of ether oxygens (including phenoxy) is 1. The molecular weight excluding hydrogens is 280 g/mol. The first-order valence-electron chi connectivity index (χ1n) is 6.95. The number of nitrogens with zero attached hydrogens (tertiary/aromatic N) is 1. The van der Waals surface area contributed by atoms with E-state index in [9.17, 15) is 13.2 Å². The Morgan fingerprint density at radius 3 is 2.70 bits per heavy atom. The van der Waals surface area contributed by atoms with Gasteiger partial charge in [0.05, 0.1) is 18.1 Å². The molecule has 1 saturated carbocycles. The van der Waals surface area contributed by atoms with Gasteiger partial charge >= 0.3 is 6.03 Å². The lowest BCUT2D eigenvalue weighted by Crippen LogP contribution is -2.46. The molecule has 0 bridgehead atoms. The molecule has 2 fully saturated rings. The Labute approximate surface area is 120 Å². The predicted octanol–water partition coefficient (Wildman–Crippen LogP) is 0.755. The zero-order valence-corrected chi connectivity index (χ0v) is 12.6. The summed E-state index contributed by atoms with van der Waals surface area (Å²) in [7, 11) is -1.44. The van der Waals surface area contributed by atoms with Crippen LogP contribution in [-0.4, -0.2) is 57.2 Å². The predicted molar refractivity (Wildman–Crippen MR) is 76.0 cm³/mol. The Balaban J connectivity index is 1.92. The van der Waals surface area contributed by atoms with Gasteiger partial charge in [0.1, 0.15) is 0 Å². The highest BCUT2D eigenvalue weighted by molar-refractivity contribution is 7.91. The normalized spacial score (nSPS) is 24.9. The molecule has 1 saturated heterocycles. The van der Waals surface area contributed by atoms with Crippen molar-refractivity contribution in [3.63, 3.8) is 0 Å². The summed E-state index contributed by atoms with van der Waals surface area (Å²) in [6.07, 6.45) is 6.52. The Bertz CT molecular complexity index is 471. The summed E-state index contributed by atoms with van der Waals surface area (Å²) < 4.78 is 28.1. The lowest BCUT2D eigenvalue weighted by atomic mass is 10.2. The van der Waals surface area contributed by atoms with Crippen molar-refractivity contribution in [1.82, 2.24) is 10.2 Å². The monoisotopic (exact) mass is 302 g/mol. The van der Waals surface area contributed by atoms with Gasteiger partial charge in [-0.25, -0.2) is 13.2 Å². The fourth-order valence-corrected chi connectivity index (χ4v) is 4.02. The molecule has 2 aliphatic rings. The minimum Gasteiger partial charge on any atom is -0.383 e. The number of carbonyl (C=O) groups excluding carboxylic acids is 1. The second-order valence-electron chi connectivity index (χ2n) is 5.39. The van der Waals surface area contributed by atoms with Gasteiger partial charge in [-0.3, -0.25) is 0 Å². The fourth-order valence-electron chi connectivity index (χ4n) is 2.29. The number of carbonyl (C=O) groups is 1. The van der Waals surface area contributed by atoms with E-state index in [0.717, 1.165) is 0 Å². The van der Waals surface area contributed by atoms with Crippen LogP contribution >= 0.6 is 0 Å². The van der Waals surface area contributed by atoms with E-state index in [4.69, 9.17) is 4.74 Å². The summed E-state index contributed by atoms with van der Waals surface area (Å²) in [5.74, 6) is 0.803. The molecule has 1 unspecified atom stereocenters. The molecule has 0 aromatic rings. The van der Waals surface area contributed by atoms with Crippen LogP contribution in [0.5, 0.6) is 0 Å². The van der Waals surface area contributed by atoms with E-state index in [1.807, 2.05) is 6.08 Å². The quantitative estimate of drug-likeness (QED) is 0.786. The van der Waals surface area contributed by atoms with Crippen molar-refractivity contribution in [2.75, 3.05) is 31.8 Å². The first-order valence-corrected chi connectivity index (χ1v) is 8.77. The Hall–Kier alpha value is -1.08. The molecule has 1 heterocycles. The molecular formula is C13H22N2O4S. The van der Waals surface area contributed by atoms with Gasteiger partial charge in [0.2, 0.25) is 0 Å². The summed E-state index contributed by atoms with van der Waals surface area (Å²) in [6.45, 7) is 0.802. The fraction of sp³-hybridized carbons (Fsp3) is 0.769. The number of urea groups is 1. The Morgan fingerprint density at radius 1 is 1.40 bits per heavy atom. The number of rotatable bonds is 6. The van der Waals surface area contributed by atoms with Gasteiger partial charge in [0.25, 0.3) is 0 Å². The van der Waals surface area contributed by atoms with Crippen LogP contribution in [0.2, 0.25) is 0 Å². The van der Waals surface area contributed by atoms with E-state index in [1.54, 1.807) is 18.2 Å². The van der Waals surface area contributed by atoms with Gasteiger partial charge in [0, 0.05) is 25.9 Å². The minimum atomic E-state index is -3.00. The molecule has 114 valence electrons. The lowest BCUT2D eigenvalue weighted by Gasteiger charge is -2.27. The van der Waals surface area contributed by atoms with Gasteiger partial charge in [-0.05, 0) is 25.2 Å². The zero-order chi connectivity index (χ0) is 14.6. The molecule has 0 aromatic carbocycles. The number of hydrogen-bond acceptors (Lipinski definition) is 4. The van der Waals surface area contributed by atoms with E-state index < -0.39 is 9.84 Å². The summed E-state index contributed by atoms with van der Waals surface area (Å²) in [5, 5.41) is 2.72. The van der Waals surface area contributed by atoms with Gasteiger partial charge in [-0.15, -0.1) is 0 Å². The summed E-state index contributed by atoms with van der Waals surface area (Å²) in [6, 6.07) is -0.495. The summed E-state index contributed by atoms with van der Waals surface area (Å²) >= 11 is 0. The molecule has 6 nitrogen and oxygen atoms in total. The molecule has 2 rings (SSSR count).